The molecule has 3 heteroatoms. The third-order valence-corrected chi connectivity index (χ3v) is 3.17. The Labute approximate surface area is 118 Å². The lowest BCUT2D eigenvalue weighted by atomic mass is 10.1. The van der Waals surface area contributed by atoms with E-state index in [9.17, 15) is 0 Å². The topological polar surface area (TPSA) is 28.2 Å². The van der Waals surface area contributed by atoms with Crippen molar-refractivity contribution >= 4 is 0 Å². The Morgan fingerprint density at radius 2 is 2.00 bits per heavy atom. The van der Waals surface area contributed by atoms with Crippen molar-refractivity contribution in [2.45, 2.75) is 34.2 Å². The molecule has 3 nitrogen and oxygen atoms in total. The van der Waals surface area contributed by atoms with Gasteiger partial charge in [0.25, 0.3) is 0 Å². The summed E-state index contributed by atoms with van der Waals surface area (Å²) in [7, 11) is 0. The molecule has 1 atom stereocenters. The summed E-state index contributed by atoms with van der Waals surface area (Å²) in [6, 6.07) is 6.13. The number of hydrogen-bond donors (Lipinski definition) is 1. The zero-order chi connectivity index (χ0) is 14.1. The van der Waals surface area contributed by atoms with Gasteiger partial charge in [-0.15, -0.1) is 0 Å². The Morgan fingerprint density at radius 3 is 2.58 bits per heavy atom. The maximum Gasteiger partial charge on any atom is 0.0543 e. The van der Waals surface area contributed by atoms with Crippen LogP contribution in [0, 0.1) is 11.8 Å². The van der Waals surface area contributed by atoms with E-state index in [1.165, 1.54) is 0 Å². The van der Waals surface area contributed by atoms with E-state index >= 15 is 0 Å². The molecule has 1 aromatic heterocycles. The normalized spacial score (nSPS) is 13.2. The number of nitrogens with zero attached hydrogens (tertiary/aromatic N) is 2. The first-order chi connectivity index (χ1) is 9.11. The molecular formula is C16H29N3. The van der Waals surface area contributed by atoms with Crippen LogP contribution in [0.2, 0.25) is 0 Å². The number of aromatic nitrogens is 1. The third-order valence-electron chi connectivity index (χ3n) is 3.17. The molecule has 1 rings (SSSR count). The van der Waals surface area contributed by atoms with Crippen LogP contribution in [-0.4, -0.2) is 36.1 Å². The van der Waals surface area contributed by atoms with Gasteiger partial charge in [-0.05, 0) is 43.6 Å². The Hall–Kier alpha value is -0.930. The molecule has 0 fully saturated rings. The Balaban J connectivity index is 2.31. The van der Waals surface area contributed by atoms with Crippen molar-refractivity contribution in [3.63, 3.8) is 0 Å². The molecule has 0 aromatic carbocycles. The van der Waals surface area contributed by atoms with Crippen LogP contribution in [0.3, 0.4) is 0 Å². The summed E-state index contributed by atoms with van der Waals surface area (Å²) in [6.45, 7) is 14.4. The molecule has 108 valence electrons. The molecule has 0 saturated carbocycles. The fourth-order valence-electron chi connectivity index (χ4n) is 2.15. The molecule has 0 radical (unpaired) electrons. The van der Waals surface area contributed by atoms with E-state index in [0.29, 0.717) is 5.92 Å². The van der Waals surface area contributed by atoms with Crippen molar-refractivity contribution < 1.29 is 0 Å². The van der Waals surface area contributed by atoms with Crippen molar-refractivity contribution in [1.29, 1.82) is 0 Å². The zero-order valence-corrected chi connectivity index (χ0v) is 12.9. The minimum absolute atomic E-state index is 0.669. The van der Waals surface area contributed by atoms with Crippen molar-refractivity contribution in [1.82, 2.24) is 15.2 Å². The lowest BCUT2D eigenvalue weighted by molar-refractivity contribution is 0.234. The van der Waals surface area contributed by atoms with E-state index in [1.54, 1.807) is 0 Å². The van der Waals surface area contributed by atoms with Gasteiger partial charge in [-0.3, -0.25) is 9.88 Å². The molecule has 0 spiro atoms. The second kappa shape index (κ2) is 9.05. The van der Waals surface area contributed by atoms with E-state index in [4.69, 9.17) is 0 Å². The molecule has 0 amide bonds. The highest BCUT2D eigenvalue weighted by Crippen LogP contribution is 2.05. The molecule has 1 heterocycles. The van der Waals surface area contributed by atoms with E-state index in [2.05, 4.69) is 55.0 Å². The first-order valence-electron chi connectivity index (χ1n) is 7.44. The van der Waals surface area contributed by atoms with Crippen LogP contribution in [0.4, 0.5) is 0 Å². The van der Waals surface area contributed by atoms with Crippen molar-refractivity contribution in [2.24, 2.45) is 11.8 Å². The van der Waals surface area contributed by atoms with Crippen molar-refractivity contribution in [3.05, 3.63) is 30.1 Å². The van der Waals surface area contributed by atoms with Gasteiger partial charge in [0.2, 0.25) is 0 Å². The van der Waals surface area contributed by atoms with Gasteiger partial charge < -0.3 is 5.32 Å². The second-order valence-corrected chi connectivity index (χ2v) is 5.81. The minimum Gasteiger partial charge on any atom is -0.316 e. The van der Waals surface area contributed by atoms with Crippen LogP contribution < -0.4 is 5.32 Å². The minimum atomic E-state index is 0.669. The Morgan fingerprint density at radius 1 is 1.21 bits per heavy atom. The summed E-state index contributed by atoms with van der Waals surface area (Å²) < 4.78 is 0. The van der Waals surface area contributed by atoms with Gasteiger partial charge in [0, 0.05) is 19.3 Å². The highest BCUT2D eigenvalue weighted by Gasteiger charge is 2.09. The van der Waals surface area contributed by atoms with Gasteiger partial charge in [-0.2, -0.15) is 0 Å². The number of rotatable bonds is 9. The number of hydrogen-bond acceptors (Lipinski definition) is 3. The predicted molar refractivity (Wildman–Crippen MR) is 82.1 cm³/mol. The summed E-state index contributed by atoms with van der Waals surface area (Å²) in [5.74, 6) is 1.39. The standard InChI is InChI=1S/C16H29N3/c1-5-19(13-16-8-6-7-9-18-16)12-15(4)11-17-10-14(2)3/h6-9,14-15,17H,5,10-13H2,1-4H3. The van der Waals surface area contributed by atoms with E-state index in [0.717, 1.165) is 44.3 Å². The molecule has 1 unspecified atom stereocenters. The van der Waals surface area contributed by atoms with Crippen LogP contribution in [0.25, 0.3) is 0 Å². The molecule has 19 heavy (non-hydrogen) atoms. The molecule has 1 aromatic rings. The molecule has 1 N–H and O–H groups in total. The monoisotopic (exact) mass is 263 g/mol. The molecular weight excluding hydrogens is 234 g/mol. The summed E-state index contributed by atoms with van der Waals surface area (Å²) in [6.07, 6.45) is 1.87. The molecule has 0 aliphatic carbocycles. The highest BCUT2D eigenvalue weighted by atomic mass is 15.1. The first-order valence-corrected chi connectivity index (χ1v) is 7.44. The van der Waals surface area contributed by atoms with Gasteiger partial charge in [0.05, 0.1) is 5.69 Å². The van der Waals surface area contributed by atoms with E-state index < -0.39 is 0 Å². The summed E-state index contributed by atoms with van der Waals surface area (Å²) in [4.78, 5) is 6.86. The molecule has 0 aliphatic rings. The summed E-state index contributed by atoms with van der Waals surface area (Å²) in [5.41, 5.74) is 1.16. The van der Waals surface area contributed by atoms with Gasteiger partial charge in [-0.1, -0.05) is 33.8 Å². The fraction of sp³-hybridized carbons (Fsp3) is 0.688. The van der Waals surface area contributed by atoms with Gasteiger partial charge in [-0.25, -0.2) is 0 Å². The second-order valence-electron chi connectivity index (χ2n) is 5.81. The molecule has 0 saturated heterocycles. The van der Waals surface area contributed by atoms with Crippen LogP contribution in [-0.2, 0) is 6.54 Å². The Bertz CT molecular complexity index is 324. The number of nitrogens with one attached hydrogen (secondary N) is 1. The quantitative estimate of drug-likeness (QED) is 0.742. The average Bonchev–Trinajstić information content (AvgIpc) is 2.38. The lowest BCUT2D eigenvalue weighted by Gasteiger charge is -2.24. The SMILES string of the molecule is CCN(Cc1ccccn1)CC(C)CNCC(C)C. The van der Waals surface area contributed by atoms with Crippen LogP contribution in [0.1, 0.15) is 33.4 Å². The van der Waals surface area contributed by atoms with Crippen molar-refractivity contribution in [3.8, 4) is 0 Å². The van der Waals surface area contributed by atoms with Gasteiger partial charge >= 0.3 is 0 Å². The maximum atomic E-state index is 4.40. The predicted octanol–water partition coefficient (Wildman–Crippen LogP) is 2.79. The largest absolute Gasteiger partial charge is 0.316 e. The average molecular weight is 263 g/mol. The zero-order valence-electron chi connectivity index (χ0n) is 12.9. The number of pyridine rings is 1. The Kier molecular flexibility index (Phi) is 7.68. The maximum absolute atomic E-state index is 4.40. The highest BCUT2D eigenvalue weighted by molar-refractivity contribution is 5.03. The summed E-state index contributed by atoms with van der Waals surface area (Å²) in [5, 5.41) is 3.54. The van der Waals surface area contributed by atoms with Crippen molar-refractivity contribution in [2.75, 3.05) is 26.2 Å². The fourth-order valence-corrected chi connectivity index (χ4v) is 2.15. The lowest BCUT2D eigenvalue weighted by Crippen LogP contribution is -2.34. The van der Waals surface area contributed by atoms with Crippen LogP contribution in [0.15, 0.2) is 24.4 Å². The van der Waals surface area contributed by atoms with E-state index in [1.807, 2.05) is 12.3 Å². The molecule has 0 aliphatic heterocycles. The van der Waals surface area contributed by atoms with Crippen LogP contribution in [0.5, 0.6) is 0 Å². The smallest absolute Gasteiger partial charge is 0.0543 e. The third kappa shape index (κ3) is 7.28. The van der Waals surface area contributed by atoms with E-state index in [-0.39, 0.29) is 0 Å². The summed E-state index contributed by atoms with van der Waals surface area (Å²) >= 11 is 0. The van der Waals surface area contributed by atoms with Gasteiger partial charge in [0.1, 0.15) is 0 Å². The molecule has 0 bridgehead atoms. The van der Waals surface area contributed by atoms with Gasteiger partial charge in [0.15, 0.2) is 0 Å². The van der Waals surface area contributed by atoms with Crippen LogP contribution >= 0.6 is 0 Å². The first kappa shape index (κ1) is 16.1.